The summed E-state index contributed by atoms with van der Waals surface area (Å²) in [5.74, 6) is 1.40. The van der Waals surface area contributed by atoms with Crippen molar-refractivity contribution >= 4 is 17.5 Å². The Morgan fingerprint density at radius 2 is 2.35 bits per heavy atom. The lowest BCUT2D eigenvalue weighted by atomic mass is 10.0. The molecule has 0 spiro atoms. The summed E-state index contributed by atoms with van der Waals surface area (Å²) in [7, 11) is 0. The normalized spacial score (nSPS) is 18.9. The van der Waals surface area contributed by atoms with Crippen molar-refractivity contribution < 1.29 is 4.74 Å². The fourth-order valence-corrected chi connectivity index (χ4v) is 2.27. The minimum Gasteiger partial charge on any atom is -0.381 e. The highest BCUT2D eigenvalue weighted by Gasteiger charge is 2.14. The molecule has 3 rings (SSSR count). The molecular formula is C12H15ClN6O. The highest BCUT2D eigenvalue weighted by Crippen LogP contribution is 2.15. The predicted octanol–water partition coefficient (Wildman–Crippen LogP) is 1.55. The lowest BCUT2D eigenvalue weighted by Crippen LogP contribution is -2.25. The van der Waals surface area contributed by atoms with E-state index < -0.39 is 0 Å². The van der Waals surface area contributed by atoms with Crippen molar-refractivity contribution in [2.24, 2.45) is 5.92 Å². The quantitative estimate of drug-likeness (QED) is 0.922. The maximum absolute atomic E-state index is 5.93. The summed E-state index contributed by atoms with van der Waals surface area (Å²) in [5, 5.41) is 3.36. The fourth-order valence-electron chi connectivity index (χ4n) is 2.12. The summed E-state index contributed by atoms with van der Waals surface area (Å²) >= 11 is 5.93. The van der Waals surface area contributed by atoms with Gasteiger partial charge in [-0.25, -0.2) is 4.98 Å². The third-order valence-corrected chi connectivity index (χ3v) is 3.30. The van der Waals surface area contributed by atoms with Gasteiger partial charge in [-0.15, -0.1) is 0 Å². The van der Waals surface area contributed by atoms with Gasteiger partial charge in [-0.3, -0.25) is 4.57 Å². The molecule has 0 amide bonds. The van der Waals surface area contributed by atoms with Gasteiger partial charge in [0.25, 0.3) is 0 Å². The molecule has 3 heterocycles. The van der Waals surface area contributed by atoms with Crippen LogP contribution in [0.15, 0.2) is 18.7 Å². The second-order valence-corrected chi connectivity index (χ2v) is 5.00. The van der Waals surface area contributed by atoms with Gasteiger partial charge in [-0.1, -0.05) is 0 Å². The summed E-state index contributed by atoms with van der Waals surface area (Å²) in [4.78, 5) is 16.4. The third kappa shape index (κ3) is 3.23. The summed E-state index contributed by atoms with van der Waals surface area (Å²) in [6.45, 7) is 2.41. The second-order valence-electron chi connectivity index (χ2n) is 4.66. The second kappa shape index (κ2) is 6.15. The number of rotatable bonds is 4. The zero-order chi connectivity index (χ0) is 13.8. The molecule has 0 radical (unpaired) electrons. The van der Waals surface area contributed by atoms with Gasteiger partial charge < -0.3 is 10.1 Å². The zero-order valence-corrected chi connectivity index (χ0v) is 11.6. The topological polar surface area (TPSA) is 77.8 Å². The van der Waals surface area contributed by atoms with Crippen LogP contribution in [0.1, 0.15) is 12.8 Å². The van der Waals surface area contributed by atoms with Crippen molar-refractivity contribution in [2.45, 2.75) is 12.8 Å². The van der Waals surface area contributed by atoms with Crippen LogP contribution in [0, 0.1) is 5.92 Å². The number of anilines is 1. The first-order valence-electron chi connectivity index (χ1n) is 6.53. The molecule has 2 aromatic rings. The van der Waals surface area contributed by atoms with Crippen molar-refractivity contribution in [3.63, 3.8) is 0 Å². The van der Waals surface area contributed by atoms with E-state index in [9.17, 15) is 0 Å². The maximum atomic E-state index is 5.93. The lowest BCUT2D eigenvalue weighted by molar-refractivity contribution is 0.0594. The van der Waals surface area contributed by atoms with Gasteiger partial charge in [0, 0.05) is 25.5 Å². The number of hydrogen-bond donors (Lipinski definition) is 1. The Morgan fingerprint density at radius 3 is 3.10 bits per heavy atom. The molecule has 106 valence electrons. The van der Waals surface area contributed by atoms with Crippen molar-refractivity contribution in [1.82, 2.24) is 24.5 Å². The van der Waals surface area contributed by atoms with E-state index in [-0.39, 0.29) is 5.28 Å². The Morgan fingerprint density at radius 1 is 1.40 bits per heavy atom. The van der Waals surface area contributed by atoms with Gasteiger partial charge in [-0.05, 0) is 30.4 Å². The van der Waals surface area contributed by atoms with E-state index in [2.05, 4.69) is 25.3 Å². The van der Waals surface area contributed by atoms with Crippen LogP contribution in [-0.4, -0.2) is 44.3 Å². The van der Waals surface area contributed by atoms with Gasteiger partial charge in [-0.2, -0.15) is 15.0 Å². The summed E-state index contributed by atoms with van der Waals surface area (Å²) < 4.78 is 7.13. The number of imidazole rings is 1. The zero-order valence-electron chi connectivity index (χ0n) is 10.9. The van der Waals surface area contributed by atoms with Crippen LogP contribution < -0.4 is 5.32 Å². The van der Waals surface area contributed by atoms with E-state index in [0.717, 1.165) is 32.6 Å². The van der Waals surface area contributed by atoms with Crippen molar-refractivity contribution in [3.05, 3.63) is 24.0 Å². The van der Waals surface area contributed by atoms with Crippen molar-refractivity contribution in [3.8, 4) is 5.95 Å². The SMILES string of the molecule is Clc1nc(NCC2CCCOC2)nc(-n2ccnc2)n1. The van der Waals surface area contributed by atoms with Crippen LogP contribution >= 0.6 is 11.6 Å². The molecule has 1 N–H and O–H groups in total. The number of aromatic nitrogens is 5. The van der Waals surface area contributed by atoms with Gasteiger partial charge in [0.1, 0.15) is 6.33 Å². The van der Waals surface area contributed by atoms with Crippen LogP contribution in [-0.2, 0) is 4.74 Å². The largest absolute Gasteiger partial charge is 0.381 e. The highest BCUT2D eigenvalue weighted by atomic mass is 35.5. The molecular weight excluding hydrogens is 280 g/mol. The first kappa shape index (κ1) is 13.3. The monoisotopic (exact) mass is 294 g/mol. The summed E-state index contributed by atoms with van der Waals surface area (Å²) in [5.41, 5.74) is 0. The molecule has 1 fully saturated rings. The molecule has 1 atom stereocenters. The average Bonchev–Trinajstić information content (AvgIpc) is 3.00. The van der Waals surface area contributed by atoms with E-state index in [1.54, 1.807) is 23.3 Å². The Kier molecular flexibility index (Phi) is 4.08. The van der Waals surface area contributed by atoms with E-state index in [4.69, 9.17) is 16.3 Å². The molecule has 20 heavy (non-hydrogen) atoms. The van der Waals surface area contributed by atoms with Crippen molar-refractivity contribution in [1.29, 1.82) is 0 Å². The van der Waals surface area contributed by atoms with Crippen LogP contribution in [0.25, 0.3) is 5.95 Å². The number of halogens is 1. The molecule has 8 heteroatoms. The minimum atomic E-state index is 0.158. The Hall–Kier alpha value is -1.73. The molecule has 0 aliphatic carbocycles. The number of ether oxygens (including phenoxy) is 1. The molecule has 1 unspecified atom stereocenters. The van der Waals surface area contributed by atoms with Gasteiger partial charge in [0.15, 0.2) is 0 Å². The van der Waals surface area contributed by atoms with E-state index in [1.165, 1.54) is 0 Å². The van der Waals surface area contributed by atoms with Gasteiger partial charge in [0.2, 0.25) is 17.2 Å². The van der Waals surface area contributed by atoms with Crippen LogP contribution in [0.4, 0.5) is 5.95 Å². The van der Waals surface area contributed by atoms with E-state index in [0.29, 0.717) is 17.8 Å². The highest BCUT2D eigenvalue weighted by molar-refractivity contribution is 6.28. The first-order chi connectivity index (χ1) is 9.81. The Bertz CT molecular complexity index is 555. The fraction of sp³-hybridized carbons (Fsp3) is 0.500. The first-order valence-corrected chi connectivity index (χ1v) is 6.90. The molecule has 0 bridgehead atoms. The van der Waals surface area contributed by atoms with Gasteiger partial charge in [0.05, 0.1) is 6.61 Å². The third-order valence-electron chi connectivity index (χ3n) is 3.14. The van der Waals surface area contributed by atoms with Crippen LogP contribution in [0.2, 0.25) is 5.28 Å². The van der Waals surface area contributed by atoms with E-state index in [1.807, 2.05) is 0 Å². The molecule has 0 aromatic carbocycles. The molecule has 2 aromatic heterocycles. The molecule has 1 aliphatic rings. The molecule has 0 saturated carbocycles. The molecule has 7 nitrogen and oxygen atoms in total. The van der Waals surface area contributed by atoms with Crippen molar-refractivity contribution in [2.75, 3.05) is 25.1 Å². The smallest absolute Gasteiger partial charge is 0.241 e. The summed E-state index contributed by atoms with van der Waals surface area (Å²) in [6, 6.07) is 0. The van der Waals surface area contributed by atoms with E-state index >= 15 is 0 Å². The van der Waals surface area contributed by atoms with Crippen LogP contribution in [0.3, 0.4) is 0 Å². The predicted molar refractivity (Wildman–Crippen MR) is 74.0 cm³/mol. The summed E-state index contributed by atoms with van der Waals surface area (Å²) in [6.07, 6.45) is 7.28. The lowest BCUT2D eigenvalue weighted by Gasteiger charge is -2.22. The number of nitrogens with one attached hydrogen (secondary N) is 1. The number of nitrogens with zero attached hydrogens (tertiary/aromatic N) is 5. The molecule has 1 saturated heterocycles. The number of hydrogen-bond acceptors (Lipinski definition) is 6. The maximum Gasteiger partial charge on any atom is 0.241 e. The van der Waals surface area contributed by atoms with Gasteiger partial charge >= 0.3 is 0 Å². The van der Waals surface area contributed by atoms with Crippen LogP contribution in [0.5, 0.6) is 0 Å². The molecule has 1 aliphatic heterocycles. The Balaban J connectivity index is 1.69. The standard InChI is InChI=1S/C12H15ClN6O/c13-10-16-11(15-6-9-2-1-5-20-7-9)18-12(17-10)19-4-3-14-8-19/h3-4,8-9H,1-2,5-7H2,(H,15,16,17,18). The Labute approximate surface area is 121 Å². The minimum absolute atomic E-state index is 0.158. The average molecular weight is 295 g/mol.